The first-order valence-corrected chi connectivity index (χ1v) is 13.3. The second-order valence-corrected chi connectivity index (χ2v) is 12.1. The van der Waals surface area contributed by atoms with E-state index in [2.05, 4.69) is 41.5 Å². The van der Waals surface area contributed by atoms with Crippen molar-refractivity contribution in [1.29, 1.82) is 0 Å². The molecule has 0 atom stereocenters. The molecule has 3 aromatic carbocycles. The molecule has 0 spiro atoms. The monoisotopic (exact) mass is 514 g/mol. The van der Waals surface area contributed by atoms with Gasteiger partial charge in [-0.2, -0.15) is 0 Å². The van der Waals surface area contributed by atoms with Crippen molar-refractivity contribution in [2.75, 3.05) is 6.61 Å². The van der Waals surface area contributed by atoms with Gasteiger partial charge in [-0.3, -0.25) is 9.59 Å². The van der Waals surface area contributed by atoms with Crippen LogP contribution in [0.4, 0.5) is 0 Å². The zero-order valence-electron chi connectivity index (χ0n) is 23.8. The maximum atomic E-state index is 13.1. The number of nitrogens with two attached hydrogens (primary N) is 2. The summed E-state index contributed by atoms with van der Waals surface area (Å²) in [7, 11) is -0.705. The Morgan fingerprint density at radius 1 is 0.868 bits per heavy atom. The average Bonchev–Trinajstić information content (AvgIpc) is 2.83. The largest absolute Gasteiger partial charge is 0.495 e. The number of carbonyl (C=O) groups excluding carboxylic acids is 2. The molecular formula is C31H39BN2O4. The molecule has 0 aliphatic carbocycles. The number of primary amides is 2. The first kappa shape index (κ1) is 27.9. The molecule has 0 radical (unpaired) electrons. The van der Waals surface area contributed by atoms with E-state index in [0.29, 0.717) is 22.9 Å². The van der Waals surface area contributed by atoms with Gasteiger partial charge < -0.3 is 20.8 Å². The third kappa shape index (κ3) is 4.63. The van der Waals surface area contributed by atoms with E-state index in [9.17, 15) is 9.59 Å². The average molecular weight is 514 g/mol. The van der Waals surface area contributed by atoms with Gasteiger partial charge in [-0.25, -0.2) is 0 Å². The van der Waals surface area contributed by atoms with Crippen molar-refractivity contribution >= 4 is 35.2 Å². The molecule has 4 rings (SSSR count). The fourth-order valence-corrected chi connectivity index (χ4v) is 5.47. The minimum atomic E-state index is -0.705. The van der Waals surface area contributed by atoms with Crippen LogP contribution in [0.5, 0.6) is 0 Å². The van der Waals surface area contributed by atoms with Gasteiger partial charge >= 0.3 is 7.12 Å². The number of amides is 2. The summed E-state index contributed by atoms with van der Waals surface area (Å²) in [6.07, 6.45) is 0. The number of carbonyl (C=O) groups is 2. The second kappa shape index (κ2) is 9.86. The van der Waals surface area contributed by atoms with Gasteiger partial charge in [0.1, 0.15) is 0 Å². The fraction of sp³-hybridized carbons (Fsp3) is 0.419. The molecule has 38 heavy (non-hydrogen) atoms. The van der Waals surface area contributed by atoms with E-state index in [0.717, 1.165) is 27.7 Å². The molecule has 1 heterocycles. The smallest absolute Gasteiger partial charge is 0.407 e. The highest BCUT2D eigenvalue weighted by Crippen LogP contribution is 2.42. The molecule has 1 saturated heterocycles. The van der Waals surface area contributed by atoms with Crippen LogP contribution in [0.3, 0.4) is 0 Å². The van der Waals surface area contributed by atoms with Gasteiger partial charge in [0, 0.05) is 23.0 Å². The van der Waals surface area contributed by atoms with E-state index in [-0.39, 0.29) is 22.8 Å². The third-order valence-corrected chi connectivity index (χ3v) is 8.16. The third-order valence-electron chi connectivity index (χ3n) is 8.16. The maximum absolute atomic E-state index is 13.1. The lowest BCUT2D eigenvalue weighted by atomic mass is 9.63. The Bertz CT molecular complexity index is 1410. The van der Waals surface area contributed by atoms with E-state index < -0.39 is 24.5 Å². The minimum Gasteiger partial charge on any atom is -0.407 e. The maximum Gasteiger partial charge on any atom is 0.495 e. The van der Waals surface area contributed by atoms with Gasteiger partial charge in [-0.05, 0) is 70.9 Å². The van der Waals surface area contributed by atoms with Gasteiger partial charge in [0.25, 0.3) is 0 Å². The van der Waals surface area contributed by atoms with Crippen LogP contribution in [0, 0.1) is 5.41 Å². The molecule has 0 aromatic heterocycles. The van der Waals surface area contributed by atoms with Crippen LogP contribution in [0.1, 0.15) is 99.1 Å². The van der Waals surface area contributed by atoms with Gasteiger partial charge in [0.05, 0.1) is 11.2 Å². The topological polar surface area (TPSA) is 105 Å². The normalized spacial score (nSPS) is 16.8. The molecular weight excluding hydrogens is 475 g/mol. The lowest BCUT2D eigenvalue weighted by Gasteiger charge is -2.48. The van der Waals surface area contributed by atoms with E-state index >= 15 is 0 Å². The Morgan fingerprint density at radius 2 is 1.47 bits per heavy atom. The predicted molar refractivity (Wildman–Crippen MR) is 155 cm³/mol. The number of rotatable bonds is 6. The Morgan fingerprint density at radius 3 is 1.97 bits per heavy atom. The number of fused-ring (bicyclic) bond motifs is 1. The SMILES string of the molecule is CC(C)c1c(C(C)C)c(C(N)=O)c2c(C(N)=O)cc(-c3ccccc3)cc2c1B1OCC(C)(C)C(C)(C)O1. The second-order valence-electron chi connectivity index (χ2n) is 12.1. The van der Waals surface area contributed by atoms with Crippen LogP contribution < -0.4 is 16.9 Å². The zero-order valence-corrected chi connectivity index (χ0v) is 23.8. The summed E-state index contributed by atoms with van der Waals surface area (Å²) < 4.78 is 13.1. The van der Waals surface area contributed by atoms with Crippen LogP contribution in [0.15, 0.2) is 42.5 Å². The summed E-state index contributed by atoms with van der Waals surface area (Å²) in [5.74, 6) is -1.25. The van der Waals surface area contributed by atoms with Crippen molar-refractivity contribution < 1.29 is 18.9 Å². The first-order valence-electron chi connectivity index (χ1n) is 13.3. The number of hydrogen-bond donors (Lipinski definition) is 2. The molecule has 1 aliphatic heterocycles. The fourth-order valence-electron chi connectivity index (χ4n) is 5.47. The van der Waals surface area contributed by atoms with Crippen LogP contribution in [0.2, 0.25) is 0 Å². The van der Waals surface area contributed by atoms with E-state index in [1.54, 1.807) is 6.07 Å². The van der Waals surface area contributed by atoms with Crippen molar-refractivity contribution in [3.05, 3.63) is 64.7 Å². The van der Waals surface area contributed by atoms with Crippen LogP contribution in [-0.2, 0) is 9.31 Å². The highest BCUT2D eigenvalue weighted by molar-refractivity contribution is 6.65. The van der Waals surface area contributed by atoms with Gasteiger partial charge in [-0.1, -0.05) is 71.9 Å². The van der Waals surface area contributed by atoms with Crippen molar-refractivity contribution in [2.45, 2.75) is 72.8 Å². The van der Waals surface area contributed by atoms with Crippen molar-refractivity contribution in [3.8, 4) is 11.1 Å². The molecule has 1 fully saturated rings. The van der Waals surface area contributed by atoms with Crippen LogP contribution >= 0.6 is 0 Å². The lowest BCUT2D eigenvalue weighted by molar-refractivity contribution is -0.0937. The minimum absolute atomic E-state index is 0.0209. The quantitative estimate of drug-likeness (QED) is 0.424. The van der Waals surface area contributed by atoms with Gasteiger partial charge in [-0.15, -0.1) is 0 Å². The summed E-state index contributed by atoms with van der Waals surface area (Å²) in [6, 6.07) is 13.5. The van der Waals surface area contributed by atoms with Crippen molar-refractivity contribution in [2.24, 2.45) is 16.9 Å². The number of hydrogen-bond acceptors (Lipinski definition) is 4. The van der Waals surface area contributed by atoms with E-state index in [1.165, 1.54) is 0 Å². The van der Waals surface area contributed by atoms with Crippen LogP contribution in [0.25, 0.3) is 21.9 Å². The van der Waals surface area contributed by atoms with Gasteiger partial charge in [0.15, 0.2) is 0 Å². The molecule has 4 N–H and O–H groups in total. The standard InChI is InChI=1S/C31H39BN2O4/c1-17(2)23-24(18(3)4)27(32-37-16-30(5,6)31(7,8)38-32)21-14-20(19-12-10-9-11-13-19)15-22(28(33)35)25(21)26(23)29(34)36/h9-15,17-18H,16H2,1-8H3,(H2,33,35)(H2,34,36). The van der Waals surface area contributed by atoms with Crippen LogP contribution in [-0.4, -0.2) is 31.1 Å². The van der Waals surface area contributed by atoms with Crippen molar-refractivity contribution in [3.63, 3.8) is 0 Å². The Balaban J connectivity index is 2.24. The molecule has 0 bridgehead atoms. The first-order chi connectivity index (χ1) is 17.7. The lowest BCUT2D eigenvalue weighted by Crippen LogP contribution is -2.59. The molecule has 0 saturated carbocycles. The molecule has 7 heteroatoms. The Labute approximate surface area is 226 Å². The molecule has 3 aromatic rings. The molecule has 200 valence electrons. The molecule has 1 aliphatic rings. The Hall–Kier alpha value is -3.16. The summed E-state index contributed by atoms with van der Waals surface area (Å²) in [5.41, 5.74) is 16.2. The van der Waals surface area contributed by atoms with E-state index in [4.69, 9.17) is 20.8 Å². The van der Waals surface area contributed by atoms with Gasteiger partial charge in [0.2, 0.25) is 11.8 Å². The summed E-state index contributed by atoms with van der Waals surface area (Å²) in [6.45, 7) is 17.1. The van der Waals surface area contributed by atoms with E-state index in [1.807, 2.05) is 50.2 Å². The molecule has 2 amide bonds. The summed E-state index contributed by atoms with van der Waals surface area (Å²) in [5, 5.41) is 1.16. The van der Waals surface area contributed by atoms with Crippen molar-refractivity contribution in [1.82, 2.24) is 0 Å². The summed E-state index contributed by atoms with van der Waals surface area (Å²) in [4.78, 5) is 26.1. The highest BCUT2D eigenvalue weighted by atomic mass is 16.6. The predicted octanol–water partition coefficient (Wildman–Crippen LogP) is 5.50. The molecule has 0 unspecified atom stereocenters. The molecule has 6 nitrogen and oxygen atoms in total. The summed E-state index contributed by atoms with van der Waals surface area (Å²) >= 11 is 0. The zero-order chi connectivity index (χ0) is 28.2. The Kier molecular flexibility index (Phi) is 7.23. The number of benzene rings is 3. The highest BCUT2D eigenvalue weighted by Gasteiger charge is 2.48.